The minimum absolute atomic E-state index is 0.00405. The lowest BCUT2D eigenvalue weighted by molar-refractivity contribution is -0.140. The number of nitrogens with zero attached hydrogens (tertiary/aromatic N) is 4. The molecule has 0 radical (unpaired) electrons. The lowest BCUT2D eigenvalue weighted by Gasteiger charge is -2.27. The van der Waals surface area contributed by atoms with Crippen molar-refractivity contribution in [2.45, 2.75) is 66.4 Å². The van der Waals surface area contributed by atoms with Crippen molar-refractivity contribution < 1.29 is 14.3 Å². The summed E-state index contributed by atoms with van der Waals surface area (Å²) in [4.78, 5) is 27.9. The number of benzene rings is 2. The van der Waals surface area contributed by atoms with Crippen LogP contribution >= 0.6 is 0 Å². The molecule has 7 nitrogen and oxygen atoms in total. The molecule has 4 rings (SSSR count). The van der Waals surface area contributed by atoms with E-state index >= 15 is 0 Å². The molecule has 0 aliphatic carbocycles. The smallest absolute Gasteiger partial charge is 0.271 e. The largest absolute Gasteiger partial charge is 0.491 e. The number of imide groups is 1. The number of ether oxygens (including phenoxy) is 1. The van der Waals surface area contributed by atoms with Crippen LogP contribution in [-0.4, -0.2) is 39.1 Å². The second kappa shape index (κ2) is 12.6. The Labute approximate surface area is 236 Å². The van der Waals surface area contributed by atoms with E-state index in [2.05, 4.69) is 6.92 Å². The fourth-order valence-corrected chi connectivity index (χ4v) is 4.80. The van der Waals surface area contributed by atoms with Gasteiger partial charge in [0.2, 0.25) is 0 Å². The van der Waals surface area contributed by atoms with Gasteiger partial charge in [0.15, 0.2) is 0 Å². The maximum absolute atomic E-state index is 13.7. The summed E-state index contributed by atoms with van der Waals surface area (Å²) in [5.74, 6) is -0.0956. The van der Waals surface area contributed by atoms with E-state index in [0.717, 1.165) is 41.8 Å². The van der Waals surface area contributed by atoms with E-state index in [1.54, 1.807) is 17.7 Å². The topological polar surface area (TPSA) is 88.2 Å². The van der Waals surface area contributed by atoms with Crippen LogP contribution in [-0.2, 0) is 9.59 Å². The van der Waals surface area contributed by atoms with E-state index < -0.39 is 5.91 Å². The number of hydrogen-bond donors (Lipinski definition) is 0. The van der Waals surface area contributed by atoms with Gasteiger partial charge in [-0.3, -0.25) is 14.5 Å². The van der Waals surface area contributed by atoms with E-state index in [4.69, 9.17) is 9.84 Å². The molecule has 0 saturated carbocycles. The average molecular weight is 537 g/mol. The van der Waals surface area contributed by atoms with Gasteiger partial charge in [-0.15, -0.1) is 0 Å². The van der Waals surface area contributed by atoms with Gasteiger partial charge in [0, 0.05) is 29.4 Å². The summed E-state index contributed by atoms with van der Waals surface area (Å²) in [7, 11) is 0. The molecule has 0 spiro atoms. The van der Waals surface area contributed by atoms with Crippen LogP contribution in [0, 0.1) is 18.3 Å². The van der Waals surface area contributed by atoms with Crippen LogP contribution in [0.3, 0.4) is 0 Å². The van der Waals surface area contributed by atoms with Crippen LogP contribution < -0.4 is 4.74 Å². The number of aryl methyl sites for hydroxylation is 1. The summed E-state index contributed by atoms with van der Waals surface area (Å²) in [5, 5.41) is 14.7. The van der Waals surface area contributed by atoms with Crippen LogP contribution in [0.1, 0.15) is 64.5 Å². The van der Waals surface area contributed by atoms with Crippen molar-refractivity contribution >= 4 is 17.9 Å². The van der Waals surface area contributed by atoms with Crippen molar-refractivity contribution in [1.82, 2.24) is 14.7 Å². The second-order valence-electron chi connectivity index (χ2n) is 10.4. The lowest BCUT2D eigenvalue weighted by atomic mass is 9.93. The molecule has 7 heteroatoms. The zero-order valence-electron chi connectivity index (χ0n) is 23.9. The lowest BCUT2D eigenvalue weighted by Crippen LogP contribution is -2.43. The molecule has 1 aromatic heterocycles. The summed E-state index contributed by atoms with van der Waals surface area (Å²) in [6.45, 7) is 10.0. The Morgan fingerprint density at radius 1 is 1.02 bits per heavy atom. The maximum Gasteiger partial charge on any atom is 0.271 e. The monoisotopic (exact) mass is 536 g/mol. The van der Waals surface area contributed by atoms with Crippen molar-refractivity contribution in [2.24, 2.45) is 0 Å². The minimum Gasteiger partial charge on any atom is -0.491 e. The summed E-state index contributed by atoms with van der Waals surface area (Å²) >= 11 is 0. The van der Waals surface area contributed by atoms with Gasteiger partial charge in [-0.25, -0.2) is 4.68 Å². The van der Waals surface area contributed by atoms with Crippen LogP contribution in [0.25, 0.3) is 23.0 Å². The van der Waals surface area contributed by atoms with Crippen LogP contribution in [0.4, 0.5) is 0 Å². The predicted octanol–water partition coefficient (Wildman–Crippen LogP) is 6.81. The van der Waals surface area contributed by atoms with E-state index in [-0.39, 0.29) is 17.6 Å². The molecular weight excluding hydrogens is 500 g/mol. The van der Waals surface area contributed by atoms with Gasteiger partial charge in [-0.2, -0.15) is 10.4 Å². The minimum atomic E-state index is -0.518. The Balaban J connectivity index is 1.83. The summed E-state index contributed by atoms with van der Waals surface area (Å²) in [6.07, 6.45) is 7.39. The number of hydrogen-bond acceptors (Lipinski definition) is 5. The highest BCUT2D eigenvalue weighted by molar-refractivity contribution is 6.19. The summed E-state index contributed by atoms with van der Waals surface area (Å²) in [5.41, 5.74) is 4.83. The van der Waals surface area contributed by atoms with Gasteiger partial charge in [0.05, 0.1) is 17.5 Å². The first-order valence-electron chi connectivity index (χ1n) is 13.9. The van der Waals surface area contributed by atoms with Gasteiger partial charge in [-0.1, -0.05) is 44.4 Å². The molecule has 0 N–H and O–H groups in total. The molecule has 2 aromatic carbocycles. The molecule has 0 unspecified atom stereocenters. The molecule has 206 valence electrons. The Morgan fingerprint density at radius 3 is 2.42 bits per heavy atom. The molecule has 2 amide bonds. The Bertz CT molecular complexity index is 1510. The molecular formula is C33H36N4O3. The summed E-state index contributed by atoms with van der Waals surface area (Å²) < 4.78 is 7.71. The number of amides is 2. The molecule has 0 fully saturated rings. The van der Waals surface area contributed by atoms with Crippen molar-refractivity contribution in [1.29, 1.82) is 5.26 Å². The summed E-state index contributed by atoms with van der Waals surface area (Å²) in [6, 6.07) is 17.7. The first-order chi connectivity index (χ1) is 19.2. The third-order valence-corrected chi connectivity index (χ3v) is 6.93. The fourth-order valence-electron chi connectivity index (χ4n) is 4.80. The first-order valence-corrected chi connectivity index (χ1v) is 13.9. The molecule has 0 saturated heterocycles. The number of carbonyl (C=O) groups is 2. The second-order valence-corrected chi connectivity index (χ2v) is 10.4. The number of rotatable bonds is 10. The highest BCUT2D eigenvalue weighted by Crippen LogP contribution is 2.33. The molecule has 1 aliphatic heterocycles. The zero-order chi connectivity index (χ0) is 28.8. The third kappa shape index (κ3) is 6.07. The number of carbonyl (C=O) groups excluding carboxylic acids is 2. The number of para-hydroxylation sites is 1. The quantitative estimate of drug-likeness (QED) is 0.161. The number of aromatic nitrogens is 2. The van der Waals surface area contributed by atoms with Crippen molar-refractivity contribution in [3.63, 3.8) is 0 Å². The first kappa shape index (κ1) is 28.6. The molecule has 1 aliphatic rings. The van der Waals surface area contributed by atoms with Gasteiger partial charge < -0.3 is 4.74 Å². The van der Waals surface area contributed by atoms with Gasteiger partial charge in [0.25, 0.3) is 11.8 Å². The Morgan fingerprint density at radius 2 is 1.77 bits per heavy atom. The van der Waals surface area contributed by atoms with E-state index in [9.17, 15) is 14.9 Å². The van der Waals surface area contributed by atoms with Crippen molar-refractivity contribution in [3.8, 4) is 28.8 Å². The van der Waals surface area contributed by atoms with Crippen LogP contribution in [0.15, 0.2) is 71.4 Å². The zero-order valence-corrected chi connectivity index (χ0v) is 23.9. The van der Waals surface area contributed by atoms with Crippen LogP contribution in [0.5, 0.6) is 5.75 Å². The van der Waals surface area contributed by atoms with Gasteiger partial charge in [-0.05, 0) is 81.7 Å². The molecule has 2 heterocycles. The predicted molar refractivity (Wildman–Crippen MR) is 157 cm³/mol. The average Bonchev–Trinajstić information content (AvgIpc) is 3.36. The van der Waals surface area contributed by atoms with Crippen molar-refractivity contribution in [2.75, 3.05) is 6.54 Å². The fraction of sp³-hybridized carbons (Fsp3) is 0.333. The molecule has 0 bridgehead atoms. The standard InChI is InChI=1S/C33H36N4O3/c1-6-7-8-12-17-36-32(38)28(24(5)29(20-34)33(36)39)19-26-21-37(27-13-10-9-11-14-27)35-31(26)25-15-16-30(23(4)18-25)40-22(2)3/h9-11,13-16,18-19,21-22H,6-8,12,17H2,1-5H3/b28-19+. The third-order valence-electron chi connectivity index (χ3n) is 6.93. The van der Waals surface area contributed by atoms with Gasteiger partial charge >= 0.3 is 0 Å². The van der Waals surface area contributed by atoms with Crippen LogP contribution in [0.2, 0.25) is 0 Å². The molecule has 0 atom stereocenters. The van der Waals surface area contributed by atoms with E-state index in [0.29, 0.717) is 35.4 Å². The number of nitriles is 1. The SMILES string of the molecule is CCCCCCN1C(=O)C(C#N)=C(C)/C(=C\c2cn(-c3ccccc3)nc2-c2ccc(OC(C)C)c(C)c2)C1=O. The Hall–Kier alpha value is -4.44. The van der Waals surface area contributed by atoms with E-state index in [1.807, 2.05) is 81.6 Å². The molecule has 3 aromatic rings. The van der Waals surface area contributed by atoms with Crippen molar-refractivity contribution in [3.05, 3.63) is 82.6 Å². The maximum atomic E-state index is 13.7. The van der Waals surface area contributed by atoms with E-state index in [1.165, 1.54) is 4.90 Å². The number of unbranched alkanes of at least 4 members (excludes halogenated alkanes) is 3. The normalized spacial score (nSPS) is 14.8. The Kier molecular flexibility index (Phi) is 9.00. The van der Waals surface area contributed by atoms with Gasteiger partial charge in [0.1, 0.15) is 17.4 Å². The highest BCUT2D eigenvalue weighted by Gasteiger charge is 2.35. The highest BCUT2D eigenvalue weighted by atomic mass is 16.5. The molecule has 40 heavy (non-hydrogen) atoms.